The fraction of sp³-hybridized carbons (Fsp3) is 0.280. The predicted octanol–water partition coefficient (Wildman–Crippen LogP) is 6.14. The second-order valence-corrected chi connectivity index (χ2v) is 8.27. The van der Waals surface area contributed by atoms with E-state index in [0.717, 1.165) is 4.57 Å². The van der Waals surface area contributed by atoms with E-state index in [1.807, 2.05) is 0 Å². The van der Waals surface area contributed by atoms with E-state index >= 15 is 0 Å². The fourth-order valence-electron chi connectivity index (χ4n) is 4.45. The molecule has 2 heterocycles. The first-order chi connectivity index (χ1) is 16.8. The molecule has 0 aliphatic heterocycles. The number of halogens is 6. The Morgan fingerprint density at radius 2 is 1.67 bits per heavy atom. The number of carbonyl (C=O) groups is 1. The van der Waals surface area contributed by atoms with E-state index < -0.39 is 41.4 Å². The Morgan fingerprint density at radius 3 is 2.25 bits per heavy atom. The molecule has 0 bridgehead atoms. The van der Waals surface area contributed by atoms with Crippen LogP contribution >= 0.6 is 0 Å². The van der Waals surface area contributed by atoms with Crippen molar-refractivity contribution in [3.05, 3.63) is 69.6 Å². The molecule has 0 aliphatic rings. The monoisotopic (exact) mass is 510 g/mol. The van der Waals surface area contributed by atoms with E-state index in [9.17, 15) is 35.9 Å². The van der Waals surface area contributed by atoms with Gasteiger partial charge in [-0.3, -0.25) is 9.59 Å². The van der Waals surface area contributed by atoms with Crippen LogP contribution in [0.15, 0.2) is 47.3 Å². The van der Waals surface area contributed by atoms with Gasteiger partial charge in [-0.15, -0.1) is 0 Å². The van der Waals surface area contributed by atoms with Crippen LogP contribution in [0, 0.1) is 6.92 Å². The lowest BCUT2D eigenvalue weighted by molar-refractivity contribution is -0.142. The van der Waals surface area contributed by atoms with E-state index in [1.165, 1.54) is 31.2 Å². The summed E-state index contributed by atoms with van der Waals surface area (Å²) in [7, 11) is 0. The number of fused-ring (bicyclic) bond motifs is 3. The maximum Gasteiger partial charge on any atom is 0.417 e. The SMILES string of the molecule is CCOC(=O)Cc1ccc(-c2c(C)n(CC(F)(F)F)c3ccc4[nH]c(=O)cc(C(F)(F)F)c4c23)cc1. The van der Waals surface area contributed by atoms with Gasteiger partial charge in [0.25, 0.3) is 0 Å². The summed E-state index contributed by atoms with van der Waals surface area (Å²) in [6, 6.07) is 9.05. The maximum atomic E-state index is 14.0. The molecule has 0 atom stereocenters. The molecule has 2 aromatic carbocycles. The van der Waals surface area contributed by atoms with Crippen molar-refractivity contribution in [1.29, 1.82) is 0 Å². The number of rotatable bonds is 5. The van der Waals surface area contributed by atoms with Crippen LogP contribution in [-0.4, -0.2) is 28.3 Å². The van der Waals surface area contributed by atoms with Gasteiger partial charge >= 0.3 is 18.3 Å². The molecule has 0 radical (unpaired) electrons. The van der Waals surface area contributed by atoms with Gasteiger partial charge in [0.15, 0.2) is 0 Å². The smallest absolute Gasteiger partial charge is 0.417 e. The highest BCUT2D eigenvalue weighted by atomic mass is 19.4. The lowest BCUT2D eigenvalue weighted by atomic mass is 9.96. The Bertz CT molecular complexity index is 1510. The average molecular weight is 510 g/mol. The molecule has 0 saturated carbocycles. The van der Waals surface area contributed by atoms with Gasteiger partial charge < -0.3 is 14.3 Å². The molecule has 0 aliphatic carbocycles. The van der Waals surface area contributed by atoms with E-state index in [4.69, 9.17) is 4.74 Å². The molecule has 0 fully saturated rings. The van der Waals surface area contributed by atoms with Crippen molar-refractivity contribution in [3.8, 4) is 11.1 Å². The van der Waals surface area contributed by atoms with E-state index in [0.29, 0.717) is 17.2 Å². The van der Waals surface area contributed by atoms with Crippen LogP contribution in [0.5, 0.6) is 0 Å². The molecule has 11 heteroatoms. The third-order valence-corrected chi connectivity index (χ3v) is 5.83. The first-order valence-electron chi connectivity index (χ1n) is 10.9. The summed E-state index contributed by atoms with van der Waals surface area (Å²) in [5.74, 6) is -0.465. The van der Waals surface area contributed by atoms with Gasteiger partial charge in [-0.05, 0) is 37.1 Å². The molecule has 36 heavy (non-hydrogen) atoms. The summed E-state index contributed by atoms with van der Waals surface area (Å²) < 4.78 is 88.1. The van der Waals surface area contributed by atoms with Crippen molar-refractivity contribution < 1.29 is 35.9 Å². The number of esters is 1. The average Bonchev–Trinajstić information content (AvgIpc) is 3.03. The Kier molecular flexibility index (Phi) is 6.36. The van der Waals surface area contributed by atoms with Crippen LogP contribution in [0.2, 0.25) is 0 Å². The molecule has 0 spiro atoms. The number of carbonyl (C=O) groups excluding carboxylic acids is 1. The Morgan fingerprint density at radius 1 is 1.00 bits per heavy atom. The van der Waals surface area contributed by atoms with E-state index in [1.54, 1.807) is 19.1 Å². The summed E-state index contributed by atoms with van der Waals surface area (Å²) >= 11 is 0. The Hall–Kier alpha value is -3.76. The third kappa shape index (κ3) is 4.82. The lowest BCUT2D eigenvalue weighted by Gasteiger charge is -2.13. The van der Waals surface area contributed by atoms with Crippen LogP contribution in [-0.2, 0) is 28.7 Å². The molecular formula is C25H20F6N2O3. The molecule has 1 N–H and O–H groups in total. The van der Waals surface area contributed by atoms with Crippen LogP contribution in [0.25, 0.3) is 32.9 Å². The number of benzene rings is 2. The summed E-state index contributed by atoms with van der Waals surface area (Å²) in [5, 5.41) is -0.454. The highest BCUT2D eigenvalue weighted by molar-refractivity contribution is 6.15. The minimum Gasteiger partial charge on any atom is -0.466 e. The fourth-order valence-corrected chi connectivity index (χ4v) is 4.45. The molecule has 0 saturated heterocycles. The molecule has 0 unspecified atom stereocenters. The number of aromatic amines is 1. The topological polar surface area (TPSA) is 64.1 Å². The molecular weight excluding hydrogens is 490 g/mol. The van der Waals surface area contributed by atoms with Gasteiger partial charge in [0.1, 0.15) is 6.54 Å². The molecule has 2 aromatic heterocycles. The third-order valence-electron chi connectivity index (χ3n) is 5.83. The number of aromatic nitrogens is 2. The van der Waals surface area contributed by atoms with Crippen molar-refractivity contribution in [2.45, 2.75) is 39.2 Å². The zero-order valence-corrected chi connectivity index (χ0v) is 19.1. The summed E-state index contributed by atoms with van der Waals surface area (Å²) in [5.41, 5.74) is -1.22. The number of pyridine rings is 1. The largest absolute Gasteiger partial charge is 0.466 e. The maximum absolute atomic E-state index is 14.0. The first-order valence-corrected chi connectivity index (χ1v) is 10.9. The van der Waals surface area contributed by atoms with Crippen LogP contribution in [0.3, 0.4) is 0 Å². The van der Waals surface area contributed by atoms with Gasteiger partial charge in [0.05, 0.1) is 18.6 Å². The zero-order chi connectivity index (χ0) is 26.4. The van der Waals surface area contributed by atoms with Gasteiger partial charge in [-0.2, -0.15) is 26.3 Å². The van der Waals surface area contributed by atoms with Gasteiger partial charge in [-0.1, -0.05) is 24.3 Å². The minimum absolute atomic E-state index is 0.0364. The first kappa shape index (κ1) is 25.3. The molecule has 4 rings (SSSR count). The van der Waals surface area contributed by atoms with Crippen LogP contribution < -0.4 is 5.56 Å². The normalized spacial score (nSPS) is 12.4. The number of nitrogens with one attached hydrogen (secondary N) is 1. The van der Waals surface area contributed by atoms with Crippen LogP contribution in [0.4, 0.5) is 26.3 Å². The molecule has 4 aromatic rings. The predicted molar refractivity (Wildman–Crippen MR) is 122 cm³/mol. The number of alkyl halides is 6. The molecule has 0 amide bonds. The summed E-state index contributed by atoms with van der Waals surface area (Å²) in [6.07, 6.45) is -9.60. The minimum atomic E-state index is -4.93. The van der Waals surface area contributed by atoms with Gasteiger partial charge in [0, 0.05) is 39.1 Å². The van der Waals surface area contributed by atoms with Gasteiger partial charge in [-0.25, -0.2) is 0 Å². The number of H-pyrrole nitrogens is 1. The molecule has 5 nitrogen and oxygen atoms in total. The molecule has 190 valence electrons. The van der Waals surface area contributed by atoms with E-state index in [2.05, 4.69) is 4.98 Å². The number of ether oxygens (including phenoxy) is 1. The summed E-state index contributed by atoms with van der Waals surface area (Å²) in [6.45, 7) is 1.85. The van der Waals surface area contributed by atoms with Crippen molar-refractivity contribution in [3.63, 3.8) is 0 Å². The summed E-state index contributed by atoms with van der Waals surface area (Å²) in [4.78, 5) is 26.1. The highest BCUT2D eigenvalue weighted by Crippen LogP contribution is 2.43. The van der Waals surface area contributed by atoms with Gasteiger partial charge in [0.2, 0.25) is 5.56 Å². The highest BCUT2D eigenvalue weighted by Gasteiger charge is 2.36. The van der Waals surface area contributed by atoms with Crippen molar-refractivity contribution in [1.82, 2.24) is 9.55 Å². The lowest BCUT2D eigenvalue weighted by Crippen LogP contribution is -2.18. The van der Waals surface area contributed by atoms with Crippen LogP contribution in [0.1, 0.15) is 23.7 Å². The quantitative estimate of drug-likeness (QED) is 0.259. The standard InChI is InChI=1S/C25H20F6N2O3/c1-3-36-20(35)10-14-4-6-15(7-5-14)21-13(2)33(12-24(26,27)28)18-9-8-17-22(23(18)21)16(25(29,30)31)11-19(34)32-17/h4-9,11H,3,10,12H2,1-2H3,(H,32,34). The van der Waals surface area contributed by atoms with E-state index in [-0.39, 0.29) is 40.7 Å². The van der Waals surface area contributed by atoms with Crippen molar-refractivity contribution in [2.75, 3.05) is 6.61 Å². The second kappa shape index (κ2) is 9.03. The number of nitrogens with zero attached hydrogens (tertiary/aromatic N) is 1. The zero-order valence-electron chi connectivity index (χ0n) is 19.1. The second-order valence-electron chi connectivity index (χ2n) is 8.27. The van der Waals surface area contributed by atoms with Crippen molar-refractivity contribution >= 4 is 27.8 Å². The number of hydrogen-bond acceptors (Lipinski definition) is 3. The number of hydrogen-bond donors (Lipinski definition) is 1. The van der Waals surface area contributed by atoms with Crippen molar-refractivity contribution in [2.24, 2.45) is 0 Å². The Balaban J connectivity index is 2.05. The Labute approximate surface area is 200 Å².